The van der Waals surface area contributed by atoms with Crippen LogP contribution in [0.2, 0.25) is 5.02 Å². The highest BCUT2D eigenvalue weighted by molar-refractivity contribution is 7.16. The first-order valence-corrected chi connectivity index (χ1v) is 7.66. The van der Waals surface area contributed by atoms with Crippen LogP contribution in [0.3, 0.4) is 0 Å². The molecule has 0 saturated carbocycles. The van der Waals surface area contributed by atoms with Crippen molar-refractivity contribution in [3.05, 3.63) is 56.2 Å². The molecule has 0 aliphatic heterocycles. The summed E-state index contributed by atoms with van der Waals surface area (Å²) >= 11 is 7.14. The van der Waals surface area contributed by atoms with Gasteiger partial charge in [-0.25, -0.2) is 9.37 Å². The Kier molecular flexibility index (Phi) is 3.84. The van der Waals surface area contributed by atoms with Gasteiger partial charge in [0.15, 0.2) is 0 Å². The zero-order valence-electron chi connectivity index (χ0n) is 11.9. The van der Waals surface area contributed by atoms with Crippen LogP contribution in [0.5, 0.6) is 0 Å². The summed E-state index contributed by atoms with van der Waals surface area (Å²) in [6.07, 6.45) is 0. The highest BCUT2D eigenvalue weighted by atomic mass is 35.5. The Morgan fingerprint density at radius 3 is 2.91 bits per heavy atom. The number of hydrogen-bond donors (Lipinski definition) is 0. The van der Waals surface area contributed by atoms with Crippen molar-refractivity contribution in [2.24, 2.45) is 0 Å². The topological polar surface area (TPSA) is 50.5 Å². The Bertz CT molecular complexity index is 907. The van der Waals surface area contributed by atoms with Gasteiger partial charge in [0.05, 0.1) is 11.6 Å². The minimum absolute atomic E-state index is 0.0714. The van der Waals surface area contributed by atoms with E-state index in [0.29, 0.717) is 17.2 Å². The van der Waals surface area contributed by atoms with E-state index in [-0.39, 0.29) is 10.6 Å². The molecule has 114 valence electrons. The maximum absolute atomic E-state index is 13.2. The minimum Gasteiger partial charge on any atom is -0.368 e. The van der Waals surface area contributed by atoms with Crippen LogP contribution in [0, 0.1) is 12.7 Å². The maximum atomic E-state index is 13.2. The molecular formula is C14H12ClFN4OS. The molecule has 0 aliphatic rings. The number of aryl methyl sites for hydroxylation is 1. The Balaban J connectivity index is 1.90. The summed E-state index contributed by atoms with van der Waals surface area (Å²) in [4.78, 5) is 18.6. The second-order valence-corrected chi connectivity index (χ2v) is 6.33. The number of rotatable bonds is 3. The molecule has 0 atom stereocenters. The molecular weight excluding hydrogens is 327 g/mol. The van der Waals surface area contributed by atoms with E-state index in [4.69, 9.17) is 11.6 Å². The lowest BCUT2D eigenvalue weighted by atomic mass is 10.3. The molecule has 0 N–H and O–H groups in total. The van der Waals surface area contributed by atoms with Gasteiger partial charge in [-0.1, -0.05) is 22.9 Å². The Labute approximate surface area is 134 Å². The first-order valence-electron chi connectivity index (χ1n) is 6.46. The SMILES string of the molecule is Cc1cc(=O)n2nc(CN(C)c3ccc(F)c(Cl)c3)sc2n1. The van der Waals surface area contributed by atoms with Gasteiger partial charge in [-0.3, -0.25) is 4.79 Å². The van der Waals surface area contributed by atoms with Crippen molar-refractivity contribution >= 4 is 33.6 Å². The highest BCUT2D eigenvalue weighted by Crippen LogP contribution is 2.23. The van der Waals surface area contributed by atoms with Crippen molar-refractivity contribution in [1.29, 1.82) is 0 Å². The standard InChI is InChI=1S/C14H12ClFN4OS/c1-8-5-13(21)20-14(17-8)22-12(18-20)7-19(2)9-3-4-11(16)10(15)6-9/h3-6H,7H2,1-2H3. The molecule has 3 rings (SSSR count). The molecule has 3 aromatic rings. The lowest BCUT2D eigenvalue weighted by Gasteiger charge is -2.17. The van der Waals surface area contributed by atoms with Gasteiger partial charge in [-0.05, 0) is 25.1 Å². The van der Waals surface area contributed by atoms with Gasteiger partial charge in [0.25, 0.3) is 5.56 Å². The molecule has 0 spiro atoms. The van der Waals surface area contributed by atoms with E-state index in [1.165, 1.54) is 28.0 Å². The minimum atomic E-state index is -0.454. The van der Waals surface area contributed by atoms with Gasteiger partial charge in [0, 0.05) is 24.5 Å². The monoisotopic (exact) mass is 338 g/mol. The highest BCUT2D eigenvalue weighted by Gasteiger charge is 2.11. The molecule has 1 aromatic carbocycles. The number of anilines is 1. The second-order valence-electron chi connectivity index (χ2n) is 4.88. The van der Waals surface area contributed by atoms with E-state index in [1.807, 2.05) is 11.9 Å². The van der Waals surface area contributed by atoms with Crippen LogP contribution >= 0.6 is 22.9 Å². The molecule has 0 unspecified atom stereocenters. The van der Waals surface area contributed by atoms with Gasteiger partial charge in [0.2, 0.25) is 4.96 Å². The Hall–Kier alpha value is -1.99. The van der Waals surface area contributed by atoms with Gasteiger partial charge in [0.1, 0.15) is 10.8 Å². The predicted molar refractivity (Wildman–Crippen MR) is 85.4 cm³/mol. The van der Waals surface area contributed by atoms with E-state index in [1.54, 1.807) is 19.1 Å². The van der Waals surface area contributed by atoms with Gasteiger partial charge < -0.3 is 4.90 Å². The summed E-state index contributed by atoms with van der Waals surface area (Å²) in [7, 11) is 1.84. The van der Waals surface area contributed by atoms with Crippen LogP contribution in [-0.2, 0) is 6.54 Å². The molecule has 0 amide bonds. The van der Waals surface area contributed by atoms with Crippen LogP contribution in [0.1, 0.15) is 10.7 Å². The predicted octanol–water partition coefficient (Wildman–Crippen LogP) is 2.89. The van der Waals surface area contributed by atoms with E-state index >= 15 is 0 Å². The lowest BCUT2D eigenvalue weighted by molar-refractivity contribution is 0.628. The average molecular weight is 339 g/mol. The fourth-order valence-electron chi connectivity index (χ4n) is 2.04. The normalized spacial score (nSPS) is 11.1. The number of halogens is 2. The fraction of sp³-hybridized carbons (Fsp3) is 0.214. The number of benzene rings is 1. The summed E-state index contributed by atoms with van der Waals surface area (Å²) in [6, 6.07) is 5.96. The van der Waals surface area contributed by atoms with E-state index in [2.05, 4.69) is 10.1 Å². The van der Waals surface area contributed by atoms with Crippen molar-refractivity contribution in [3.63, 3.8) is 0 Å². The summed E-state index contributed by atoms with van der Waals surface area (Å²) in [6.45, 7) is 2.24. The average Bonchev–Trinajstić information content (AvgIpc) is 2.84. The molecule has 0 fully saturated rings. The largest absolute Gasteiger partial charge is 0.368 e. The van der Waals surface area contributed by atoms with Crippen molar-refractivity contribution in [1.82, 2.24) is 14.6 Å². The number of nitrogens with zero attached hydrogens (tertiary/aromatic N) is 4. The molecule has 8 heteroatoms. The summed E-state index contributed by atoms with van der Waals surface area (Å²) in [5.74, 6) is -0.454. The second kappa shape index (κ2) is 5.66. The first-order chi connectivity index (χ1) is 10.4. The molecule has 2 aromatic heterocycles. The Morgan fingerprint density at radius 2 is 2.18 bits per heavy atom. The molecule has 0 radical (unpaired) electrons. The van der Waals surface area contributed by atoms with Crippen LogP contribution in [0.25, 0.3) is 4.96 Å². The van der Waals surface area contributed by atoms with Crippen LogP contribution < -0.4 is 10.5 Å². The number of aromatic nitrogens is 3. The van der Waals surface area contributed by atoms with Crippen molar-refractivity contribution in [2.45, 2.75) is 13.5 Å². The van der Waals surface area contributed by atoms with Crippen molar-refractivity contribution in [2.75, 3.05) is 11.9 Å². The zero-order valence-corrected chi connectivity index (χ0v) is 13.5. The van der Waals surface area contributed by atoms with Gasteiger partial charge in [-0.15, -0.1) is 0 Å². The molecule has 0 bridgehead atoms. The van der Waals surface area contributed by atoms with Crippen LogP contribution in [0.4, 0.5) is 10.1 Å². The molecule has 5 nitrogen and oxygen atoms in total. The molecule has 22 heavy (non-hydrogen) atoms. The van der Waals surface area contributed by atoms with E-state index < -0.39 is 5.82 Å². The third-order valence-corrected chi connectivity index (χ3v) is 4.31. The number of fused-ring (bicyclic) bond motifs is 1. The maximum Gasteiger partial charge on any atom is 0.275 e. The third kappa shape index (κ3) is 2.82. The number of hydrogen-bond acceptors (Lipinski definition) is 5. The quantitative estimate of drug-likeness (QED) is 0.737. The smallest absolute Gasteiger partial charge is 0.275 e. The van der Waals surface area contributed by atoms with Gasteiger partial charge in [-0.2, -0.15) is 9.61 Å². The van der Waals surface area contributed by atoms with Crippen LogP contribution in [-0.4, -0.2) is 21.6 Å². The molecule has 2 heterocycles. The van der Waals surface area contributed by atoms with Crippen LogP contribution in [0.15, 0.2) is 29.1 Å². The van der Waals surface area contributed by atoms with E-state index in [9.17, 15) is 9.18 Å². The summed E-state index contributed by atoms with van der Waals surface area (Å²) in [5, 5.41) is 5.08. The van der Waals surface area contributed by atoms with Crippen molar-refractivity contribution < 1.29 is 4.39 Å². The molecule has 0 aliphatic carbocycles. The molecule has 0 saturated heterocycles. The third-order valence-electron chi connectivity index (χ3n) is 3.13. The fourth-order valence-corrected chi connectivity index (χ4v) is 3.21. The van der Waals surface area contributed by atoms with E-state index in [0.717, 1.165) is 10.7 Å². The zero-order chi connectivity index (χ0) is 15.9. The van der Waals surface area contributed by atoms with Crippen molar-refractivity contribution in [3.8, 4) is 0 Å². The summed E-state index contributed by atoms with van der Waals surface area (Å²) < 4.78 is 14.5. The first kappa shape index (κ1) is 14.9. The lowest BCUT2D eigenvalue weighted by Crippen LogP contribution is -2.18. The summed E-state index contributed by atoms with van der Waals surface area (Å²) in [5.41, 5.74) is 1.23. The van der Waals surface area contributed by atoms with Gasteiger partial charge >= 0.3 is 0 Å². The Morgan fingerprint density at radius 1 is 1.41 bits per heavy atom.